The molecule has 112 valence electrons. The highest BCUT2D eigenvalue weighted by Gasteiger charge is 2.28. The summed E-state index contributed by atoms with van der Waals surface area (Å²) in [5, 5.41) is 0. The zero-order valence-electron chi connectivity index (χ0n) is 13.0. The molecule has 3 nitrogen and oxygen atoms in total. The predicted molar refractivity (Wildman–Crippen MR) is 82.3 cm³/mol. The molecular weight excluding hydrogens is 234 g/mol. The second-order valence-corrected chi connectivity index (χ2v) is 6.83. The van der Waals surface area contributed by atoms with E-state index in [2.05, 4.69) is 23.8 Å². The smallest absolute Gasteiger partial charge is 0.0224 e. The molecule has 2 unspecified atom stereocenters. The van der Waals surface area contributed by atoms with E-state index in [1.807, 2.05) is 0 Å². The molecule has 1 saturated heterocycles. The molecule has 2 aliphatic rings. The van der Waals surface area contributed by atoms with Crippen molar-refractivity contribution in [1.82, 2.24) is 9.80 Å². The molecule has 19 heavy (non-hydrogen) atoms. The van der Waals surface area contributed by atoms with E-state index in [0.29, 0.717) is 12.1 Å². The van der Waals surface area contributed by atoms with Crippen LogP contribution < -0.4 is 5.73 Å². The van der Waals surface area contributed by atoms with Gasteiger partial charge in [0.2, 0.25) is 0 Å². The molecule has 3 heteroatoms. The average molecular weight is 267 g/mol. The number of nitrogens with two attached hydrogens (primary N) is 1. The monoisotopic (exact) mass is 267 g/mol. The van der Waals surface area contributed by atoms with Gasteiger partial charge < -0.3 is 10.6 Å². The van der Waals surface area contributed by atoms with Crippen molar-refractivity contribution in [3.63, 3.8) is 0 Å². The van der Waals surface area contributed by atoms with Crippen molar-refractivity contribution >= 4 is 0 Å². The maximum atomic E-state index is 6.11. The minimum atomic E-state index is 0.615. The van der Waals surface area contributed by atoms with Gasteiger partial charge in [-0.1, -0.05) is 32.1 Å². The summed E-state index contributed by atoms with van der Waals surface area (Å²) in [6.45, 7) is 6.89. The van der Waals surface area contributed by atoms with Gasteiger partial charge >= 0.3 is 0 Å². The summed E-state index contributed by atoms with van der Waals surface area (Å²) >= 11 is 0. The van der Waals surface area contributed by atoms with Crippen molar-refractivity contribution in [2.45, 2.75) is 64.0 Å². The Balaban J connectivity index is 1.91. The van der Waals surface area contributed by atoms with Crippen molar-refractivity contribution < 1.29 is 0 Å². The summed E-state index contributed by atoms with van der Waals surface area (Å²) in [6, 6.07) is 1.27. The Morgan fingerprint density at radius 2 is 1.84 bits per heavy atom. The first-order chi connectivity index (χ1) is 9.20. The van der Waals surface area contributed by atoms with E-state index in [-0.39, 0.29) is 0 Å². The van der Waals surface area contributed by atoms with Crippen LogP contribution in [0.5, 0.6) is 0 Å². The molecule has 1 saturated carbocycles. The zero-order chi connectivity index (χ0) is 13.7. The minimum absolute atomic E-state index is 0.615. The molecule has 0 radical (unpaired) electrons. The van der Waals surface area contributed by atoms with Crippen LogP contribution in [-0.4, -0.2) is 55.1 Å². The van der Waals surface area contributed by atoms with Crippen molar-refractivity contribution in [2.24, 2.45) is 11.7 Å². The van der Waals surface area contributed by atoms with Crippen LogP contribution in [0.25, 0.3) is 0 Å². The van der Waals surface area contributed by atoms with E-state index in [1.165, 1.54) is 64.6 Å². The minimum Gasteiger partial charge on any atom is -0.329 e. The van der Waals surface area contributed by atoms with E-state index in [9.17, 15) is 0 Å². The van der Waals surface area contributed by atoms with Gasteiger partial charge in [0.25, 0.3) is 0 Å². The Kier molecular flexibility index (Phi) is 6.11. The summed E-state index contributed by atoms with van der Waals surface area (Å²) in [4.78, 5) is 5.18. The maximum Gasteiger partial charge on any atom is 0.0224 e. The summed E-state index contributed by atoms with van der Waals surface area (Å²) in [5.41, 5.74) is 6.11. The second kappa shape index (κ2) is 7.61. The Morgan fingerprint density at radius 1 is 1.11 bits per heavy atom. The molecule has 2 fully saturated rings. The van der Waals surface area contributed by atoms with E-state index >= 15 is 0 Å². The molecule has 2 N–H and O–H groups in total. The Morgan fingerprint density at radius 3 is 2.53 bits per heavy atom. The molecule has 2 atom stereocenters. The van der Waals surface area contributed by atoms with Crippen molar-refractivity contribution in [1.29, 1.82) is 0 Å². The van der Waals surface area contributed by atoms with E-state index in [0.717, 1.165) is 12.5 Å². The largest absolute Gasteiger partial charge is 0.329 e. The number of hydrogen-bond acceptors (Lipinski definition) is 3. The maximum absolute atomic E-state index is 6.11. The third-order valence-electron chi connectivity index (χ3n) is 5.17. The van der Waals surface area contributed by atoms with Gasteiger partial charge in [-0.15, -0.1) is 0 Å². The molecule has 1 aliphatic carbocycles. The average Bonchev–Trinajstić information content (AvgIpc) is 2.58. The number of hydrogen-bond donors (Lipinski definition) is 1. The molecule has 0 aromatic rings. The van der Waals surface area contributed by atoms with E-state index in [1.54, 1.807) is 0 Å². The van der Waals surface area contributed by atoms with Crippen LogP contribution in [0.15, 0.2) is 0 Å². The molecule has 0 aromatic heterocycles. The molecule has 2 rings (SSSR count). The van der Waals surface area contributed by atoms with Gasteiger partial charge in [0.05, 0.1) is 0 Å². The Hall–Kier alpha value is -0.120. The van der Waals surface area contributed by atoms with Gasteiger partial charge in [0.1, 0.15) is 0 Å². The molecule has 0 spiro atoms. The van der Waals surface area contributed by atoms with Crippen LogP contribution in [0.2, 0.25) is 0 Å². The lowest BCUT2D eigenvalue weighted by Crippen LogP contribution is -2.48. The summed E-state index contributed by atoms with van der Waals surface area (Å²) in [7, 11) is 2.25. The molecule has 0 bridgehead atoms. The van der Waals surface area contributed by atoms with E-state index < -0.39 is 0 Å². The molecule has 1 aliphatic heterocycles. The third-order valence-corrected chi connectivity index (χ3v) is 5.17. The van der Waals surface area contributed by atoms with Crippen molar-refractivity contribution in [2.75, 3.05) is 33.2 Å². The quantitative estimate of drug-likeness (QED) is 0.848. The zero-order valence-corrected chi connectivity index (χ0v) is 13.0. The van der Waals surface area contributed by atoms with Crippen LogP contribution in [0, 0.1) is 5.92 Å². The number of likely N-dealkylation sites (N-methyl/N-ethyl adjacent to an activating group) is 1. The Labute approximate surface area is 119 Å². The summed E-state index contributed by atoms with van der Waals surface area (Å²) in [5.74, 6) is 0.940. The van der Waals surface area contributed by atoms with Gasteiger partial charge in [0, 0.05) is 31.7 Å². The fourth-order valence-electron chi connectivity index (χ4n) is 4.11. The molecule has 0 aromatic carbocycles. The van der Waals surface area contributed by atoms with Crippen molar-refractivity contribution in [3.05, 3.63) is 0 Å². The normalized spacial score (nSPS) is 30.2. The summed E-state index contributed by atoms with van der Waals surface area (Å²) < 4.78 is 0. The predicted octanol–water partition coefficient (Wildman–Crippen LogP) is 2.31. The first kappa shape index (κ1) is 15.3. The van der Waals surface area contributed by atoms with Gasteiger partial charge in [-0.2, -0.15) is 0 Å². The van der Waals surface area contributed by atoms with E-state index in [4.69, 9.17) is 5.73 Å². The van der Waals surface area contributed by atoms with Crippen LogP contribution in [-0.2, 0) is 0 Å². The van der Waals surface area contributed by atoms with Crippen LogP contribution in [0.3, 0.4) is 0 Å². The Bertz CT molecular complexity index is 250. The third kappa shape index (κ3) is 4.44. The fourth-order valence-corrected chi connectivity index (χ4v) is 4.11. The summed E-state index contributed by atoms with van der Waals surface area (Å²) in [6.07, 6.45) is 9.86. The number of rotatable bonds is 4. The van der Waals surface area contributed by atoms with Gasteiger partial charge in [-0.3, -0.25) is 4.90 Å². The highest BCUT2D eigenvalue weighted by atomic mass is 15.2. The van der Waals surface area contributed by atoms with Crippen molar-refractivity contribution in [3.8, 4) is 0 Å². The lowest BCUT2D eigenvalue weighted by atomic mass is 9.84. The number of nitrogens with zero attached hydrogens (tertiary/aromatic N) is 2. The van der Waals surface area contributed by atoms with Crippen LogP contribution in [0.4, 0.5) is 0 Å². The molecule has 1 heterocycles. The standard InChI is InChI=1S/C16H33N3/c1-14-13-18(2)9-6-10-19(14)16(12-17)11-15-7-4-3-5-8-15/h14-16H,3-13,17H2,1-2H3. The van der Waals surface area contributed by atoms with Gasteiger partial charge in [-0.05, 0) is 39.3 Å². The second-order valence-electron chi connectivity index (χ2n) is 6.83. The lowest BCUT2D eigenvalue weighted by Gasteiger charge is -2.37. The highest BCUT2D eigenvalue weighted by molar-refractivity contribution is 4.84. The van der Waals surface area contributed by atoms with Crippen LogP contribution >= 0.6 is 0 Å². The fraction of sp³-hybridized carbons (Fsp3) is 1.00. The first-order valence-electron chi connectivity index (χ1n) is 8.35. The first-order valence-corrected chi connectivity index (χ1v) is 8.35. The SMILES string of the molecule is CC1CN(C)CCCN1C(CN)CC1CCCCC1. The lowest BCUT2D eigenvalue weighted by molar-refractivity contribution is 0.119. The molecule has 0 amide bonds. The topological polar surface area (TPSA) is 32.5 Å². The molecular formula is C16H33N3. The van der Waals surface area contributed by atoms with Crippen LogP contribution in [0.1, 0.15) is 51.9 Å². The van der Waals surface area contributed by atoms with Gasteiger partial charge in [-0.25, -0.2) is 0 Å². The highest BCUT2D eigenvalue weighted by Crippen LogP contribution is 2.29. The van der Waals surface area contributed by atoms with Gasteiger partial charge in [0.15, 0.2) is 0 Å².